The first kappa shape index (κ1) is 13.4. The third-order valence-electron chi connectivity index (χ3n) is 2.76. The molecule has 0 spiro atoms. The number of nitrogens with one attached hydrogen (secondary N) is 1. The highest BCUT2D eigenvalue weighted by atomic mass is 35.5. The molecule has 1 heterocycles. The number of hydrogen-bond acceptors (Lipinski definition) is 4. The summed E-state index contributed by atoms with van der Waals surface area (Å²) in [5.74, 6) is 0. The Bertz CT molecular complexity index is 597. The first-order valence-electron chi connectivity index (χ1n) is 5.78. The fourth-order valence-electron chi connectivity index (χ4n) is 1.73. The monoisotopic (exact) mass is 280 g/mol. The number of nitro benzene ring substituents is 1. The number of aromatic nitrogens is 2. The molecule has 0 aliphatic heterocycles. The molecule has 2 aromatic rings. The normalized spacial score (nSPS) is 10.4. The maximum absolute atomic E-state index is 10.6. The van der Waals surface area contributed by atoms with Crippen LogP contribution >= 0.6 is 11.6 Å². The van der Waals surface area contributed by atoms with Crippen molar-refractivity contribution in [2.24, 2.45) is 0 Å². The van der Waals surface area contributed by atoms with Gasteiger partial charge < -0.3 is 9.88 Å². The van der Waals surface area contributed by atoms with Gasteiger partial charge in [-0.25, -0.2) is 4.98 Å². The lowest BCUT2D eigenvalue weighted by Gasteiger charge is -2.09. The smallest absolute Gasteiger partial charge is 0.271 e. The van der Waals surface area contributed by atoms with Crippen molar-refractivity contribution in [3.63, 3.8) is 0 Å². The number of rotatable bonds is 5. The minimum absolute atomic E-state index is 0.0193. The fourth-order valence-corrected chi connectivity index (χ4v) is 1.97. The Balaban J connectivity index is 2.10. The van der Waals surface area contributed by atoms with Crippen molar-refractivity contribution in [1.82, 2.24) is 9.55 Å². The number of aryl methyl sites for hydroxylation is 1. The Labute approximate surface area is 115 Å². The lowest BCUT2D eigenvalue weighted by atomic mass is 10.2. The number of anilines is 1. The van der Waals surface area contributed by atoms with Crippen molar-refractivity contribution in [3.8, 4) is 0 Å². The summed E-state index contributed by atoms with van der Waals surface area (Å²) in [6.45, 7) is 3.43. The highest BCUT2D eigenvalue weighted by molar-refractivity contribution is 6.33. The number of non-ortho nitro benzene ring substituents is 1. The molecular weight excluding hydrogens is 268 g/mol. The van der Waals surface area contributed by atoms with Crippen molar-refractivity contribution in [2.45, 2.75) is 20.0 Å². The van der Waals surface area contributed by atoms with Gasteiger partial charge in [0.05, 0.1) is 34.2 Å². The average Bonchev–Trinajstić information content (AvgIpc) is 2.84. The number of benzene rings is 1. The molecule has 0 radical (unpaired) electrons. The number of nitro groups is 1. The summed E-state index contributed by atoms with van der Waals surface area (Å²) in [5.41, 5.74) is 1.67. The zero-order valence-corrected chi connectivity index (χ0v) is 11.1. The number of imidazole rings is 1. The van der Waals surface area contributed by atoms with Crippen molar-refractivity contribution < 1.29 is 4.92 Å². The Morgan fingerprint density at radius 1 is 1.53 bits per heavy atom. The molecule has 0 fully saturated rings. The van der Waals surface area contributed by atoms with Crippen LogP contribution in [0.1, 0.15) is 12.6 Å². The van der Waals surface area contributed by atoms with E-state index in [-0.39, 0.29) is 5.69 Å². The lowest BCUT2D eigenvalue weighted by molar-refractivity contribution is -0.384. The standard InChI is InChI=1S/C12H13ClN4O2/c1-2-16-8-14-6-10(16)7-15-12-4-3-9(17(18)19)5-11(12)13/h3-6,8,15H,2,7H2,1H3. The van der Waals surface area contributed by atoms with E-state index in [1.807, 2.05) is 11.5 Å². The van der Waals surface area contributed by atoms with Gasteiger partial charge in [-0.1, -0.05) is 11.6 Å². The molecule has 1 N–H and O–H groups in total. The van der Waals surface area contributed by atoms with Gasteiger partial charge in [-0.2, -0.15) is 0 Å². The van der Waals surface area contributed by atoms with E-state index >= 15 is 0 Å². The summed E-state index contributed by atoms with van der Waals surface area (Å²) >= 11 is 6.00. The van der Waals surface area contributed by atoms with Gasteiger partial charge in [-0.3, -0.25) is 10.1 Å². The van der Waals surface area contributed by atoms with E-state index in [2.05, 4.69) is 10.3 Å². The van der Waals surface area contributed by atoms with E-state index in [4.69, 9.17) is 11.6 Å². The van der Waals surface area contributed by atoms with Gasteiger partial charge in [0, 0.05) is 24.9 Å². The Morgan fingerprint density at radius 2 is 2.32 bits per heavy atom. The molecule has 7 heteroatoms. The van der Waals surface area contributed by atoms with Gasteiger partial charge in [0.1, 0.15) is 0 Å². The third kappa shape index (κ3) is 3.03. The van der Waals surface area contributed by atoms with Crippen molar-refractivity contribution in [1.29, 1.82) is 0 Å². The third-order valence-corrected chi connectivity index (χ3v) is 3.08. The molecule has 6 nitrogen and oxygen atoms in total. The largest absolute Gasteiger partial charge is 0.378 e. The van der Waals surface area contributed by atoms with Crippen LogP contribution < -0.4 is 5.32 Å². The number of halogens is 1. The molecule has 0 atom stereocenters. The first-order chi connectivity index (χ1) is 9.11. The van der Waals surface area contributed by atoms with Gasteiger partial charge in [0.2, 0.25) is 0 Å². The molecule has 0 unspecified atom stereocenters. The van der Waals surface area contributed by atoms with E-state index in [0.717, 1.165) is 12.2 Å². The summed E-state index contributed by atoms with van der Waals surface area (Å²) < 4.78 is 2.01. The molecule has 1 aromatic heterocycles. The molecule has 19 heavy (non-hydrogen) atoms. The second kappa shape index (κ2) is 5.71. The van der Waals surface area contributed by atoms with Crippen LogP contribution in [-0.4, -0.2) is 14.5 Å². The summed E-state index contributed by atoms with van der Waals surface area (Å²) in [4.78, 5) is 14.2. The van der Waals surface area contributed by atoms with Crippen LogP contribution in [0.5, 0.6) is 0 Å². The second-order valence-corrected chi connectivity index (χ2v) is 4.35. The van der Waals surface area contributed by atoms with Crippen LogP contribution in [-0.2, 0) is 13.1 Å². The van der Waals surface area contributed by atoms with Crippen LogP contribution in [0.3, 0.4) is 0 Å². The molecule has 0 saturated heterocycles. The molecule has 0 amide bonds. The maximum atomic E-state index is 10.6. The Hall–Kier alpha value is -2.08. The van der Waals surface area contributed by atoms with Crippen LogP contribution in [0.25, 0.3) is 0 Å². The maximum Gasteiger partial charge on any atom is 0.271 e. The zero-order chi connectivity index (χ0) is 13.8. The van der Waals surface area contributed by atoms with Crippen LogP contribution in [0.2, 0.25) is 5.02 Å². The van der Waals surface area contributed by atoms with E-state index in [1.54, 1.807) is 18.6 Å². The van der Waals surface area contributed by atoms with E-state index < -0.39 is 4.92 Å². The number of hydrogen-bond donors (Lipinski definition) is 1. The van der Waals surface area contributed by atoms with Gasteiger partial charge >= 0.3 is 0 Å². The van der Waals surface area contributed by atoms with Crippen LogP contribution in [0, 0.1) is 10.1 Å². The molecule has 1 aromatic carbocycles. The molecule has 0 saturated carbocycles. The van der Waals surface area contributed by atoms with Gasteiger partial charge in [-0.15, -0.1) is 0 Å². The predicted molar refractivity (Wildman–Crippen MR) is 73.3 cm³/mol. The minimum Gasteiger partial charge on any atom is -0.378 e. The Kier molecular flexibility index (Phi) is 4.01. The molecule has 2 rings (SSSR count). The summed E-state index contributed by atoms with van der Waals surface area (Å²) in [6.07, 6.45) is 3.53. The average molecular weight is 281 g/mol. The fraction of sp³-hybridized carbons (Fsp3) is 0.250. The summed E-state index contributed by atoms with van der Waals surface area (Å²) in [6, 6.07) is 4.36. The second-order valence-electron chi connectivity index (χ2n) is 3.95. The highest BCUT2D eigenvalue weighted by Crippen LogP contribution is 2.26. The molecular formula is C12H13ClN4O2. The highest BCUT2D eigenvalue weighted by Gasteiger charge is 2.09. The number of nitrogens with zero attached hydrogens (tertiary/aromatic N) is 3. The molecule has 0 aliphatic rings. The van der Waals surface area contributed by atoms with Gasteiger partial charge in [-0.05, 0) is 13.0 Å². The van der Waals surface area contributed by atoms with Gasteiger partial charge in [0.15, 0.2) is 0 Å². The van der Waals surface area contributed by atoms with E-state index in [0.29, 0.717) is 17.3 Å². The van der Waals surface area contributed by atoms with E-state index in [9.17, 15) is 10.1 Å². The summed E-state index contributed by atoms with van der Waals surface area (Å²) in [5, 5.41) is 14.1. The molecule has 0 aliphatic carbocycles. The predicted octanol–water partition coefficient (Wildman–Crippen LogP) is 3.08. The zero-order valence-electron chi connectivity index (χ0n) is 10.3. The quantitative estimate of drug-likeness (QED) is 0.675. The lowest BCUT2D eigenvalue weighted by Crippen LogP contribution is -2.06. The van der Waals surface area contributed by atoms with Crippen LogP contribution in [0.4, 0.5) is 11.4 Å². The molecule has 100 valence electrons. The van der Waals surface area contributed by atoms with E-state index in [1.165, 1.54) is 12.1 Å². The summed E-state index contributed by atoms with van der Waals surface area (Å²) in [7, 11) is 0. The topological polar surface area (TPSA) is 73.0 Å². The Morgan fingerprint density at radius 3 is 2.95 bits per heavy atom. The SMILES string of the molecule is CCn1cncc1CNc1ccc([N+](=O)[O-])cc1Cl. The van der Waals surface area contributed by atoms with Crippen LogP contribution in [0.15, 0.2) is 30.7 Å². The first-order valence-corrected chi connectivity index (χ1v) is 6.16. The van der Waals surface area contributed by atoms with Crippen molar-refractivity contribution >= 4 is 23.0 Å². The van der Waals surface area contributed by atoms with Crippen molar-refractivity contribution in [2.75, 3.05) is 5.32 Å². The minimum atomic E-state index is -0.470. The molecule has 0 bridgehead atoms. The van der Waals surface area contributed by atoms with Gasteiger partial charge in [0.25, 0.3) is 5.69 Å². The van der Waals surface area contributed by atoms with Crippen molar-refractivity contribution in [3.05, 3.63) is 51.6 Å².